The Morgan fingerprint density at radius 2 is 1.74 bits per heavy atom. The fourth-order valence-electron chi connectivity index (χ4n) is 2.34. The summed E-state index contributed by atoms with van der Waals surface area (Å²) in [7, 11) is 0. The molecule has 2 aromatic heterocycles. The van der Waals surface area contributed by atoms with Crippen LogP contribution in [-0.2, 0) is 22.6 Å². The molecule has 0 radical (unpaired) electrons. The number of aryl methyl sites for hydroxylation is 1. The Hall–Kier alpha value is -3.54. The Morgan fingerprint density at radius 3 is 2.29 bits per heavy atom. The van der Waals surface area contributed by atoms with Crippen molar-refractivity contribution in [1.29, 1.82) is 0 Å². The third kappa shape index (κ3) is 12.6. The lowest BCUT2D eigenvalue weighted by molar-refractivity contribution is -0.108. The van der Waals surface area contributed by atoms with Crippen LogP contribution in [0.2, 0.25) is 0 Å². The van der Waals surface area contributed by atoms with Crippen LogP contribution in [0.3, 0.4) is 0 Å². The van der Waals surface area contributed by atoms with Gasteiger partial charge in [-0.3, -0.25) is 9.78 Å². The van der Waals surface area contributed by atoms with E-state index < -0.39 is 0 Å². The largest absolute Gasteiger partial charge is 0.345 e. The van der Waals surface area contributed by atoms with Gasteiger partial charge in [0, 0.05) is 20.0 Å². The standard InChI is InChI=1S/C12H11N3O2.C9H12.C2H6.CH2O.CH4.H2/c16-8-7-15-6-4-10(9-15)14-12(17)11-3-1-2-5-13-11;1-2-6-9-7-4-3-5-8-9;2*1-2;;/h1-6,8-9H,7H2,(H,14,17);3-5,7-8H,2,6H2,1H3;1-2H3;1H2;1H4;1H. The highest BCUT2D eigenvalue weighted by molar-refractivity contribution is 6.02. The summed E-state index contributed by atoms with van der Waals surface area (Å²) in [6.07, 6.45) is 8.22. The first-order chi connectivity index (χ1) is 14.7. The van der Waals surface area contributed by atoms with Gasteiger partial charge in [-0.2, -0.15) is 0 Å². The van der Waals surface area contributed by atoms with Gasteiger partial charge in [-0.25, -0.2) is 0 Å². The molecule has 0 fully saturated rings. The molecule has 0 aliphatic heterocycles. The average Bonchev–Trinajstić information content (AvgIpc) is 3.25. The predicted molar refractivity (Wildman–Crippen MR) is 130 cm³/mol. The summed E-state index contributed by atoms with van der Waals surface area (Å²) in [5.74, 6) is -0.269. The van der Waals surface area contributed by atoms with Crippen molar-refractivity contribution in [3.63, 3.8) is 0 Å². The van der Waals surface area contributed by atoms with Gasteiger partial charge >= 0.3 is 0 Å². The van der Waals surface area contributed by atoms with Gasteiger partial charge in [0.05, 0.1) is 12.2 Å². The molecule has 1 aromatic carbocycles. The molecular weight excluding hydrogens is 390 g/mol. The maximum absolute atomic E-state index is 11.7. The number of aldehydes is 1. The molecule has 170 valence electrons. The molecule has 0 atom stereocenters. The van der Waals surface area contributed by atoms with E-state index in [-0.39, 0.29) is 21.3 Å². The highest BCUT2D eigenvalue weighted by atomic mass is 16.2. The lowest BCUT2D eigenvalue weighted by Gasteiger charge is -2.01. The van der Waals surface area contributed by atoms with E-state index in [2.05, 4.69) is 47.6 Å². The van der Waals surface area contributed by atoms with Gasteiger partial charge in [0.2, 0.25) is 0 Å². The molecule has 1 N–H and O–H groups in total. The Morgan fingerprint density at radius 1 is 1.10 bits per heavy atom. The van der Waals surface area contributed by atoms with E-state index in [0.717, 1.165) is 6.29 Å². The number of carbonyl (C=O) groups is 3. The SMILES string of the molecule is C.C=O.CC.CCCc1ccccc1.O=CCn1ccc(NC(=O)c2ccccn2)c1.[HH]. The number of nitrogens with one attached hydrogen (secondary N) is 1. The molecule has 2 heterocycles. The van der Waals surface area contributed by atoms with E-state index in [1.807, 2.05) is 20.6 Å². The zero-order valence-electron chi connectivity index (χ0n) is 18.0. The van der Waals surface area contributed by atoms with E-state index >= 15 is 0 Å². The second-order valence-corrected chi connectivity index (χ2v) is 5.67. The van der Waals surface area contributed by atoms with Crippen molar-refractivity contribution >= 4 is 24.7 Å². The van der Waals surface area contributed by atoms with Gasteiger partial charge in [-0.15, -0.1) is 0 Å². The van der Waals surface area contributed by atoms with Gasteiger partial charge in [0.25, 0.3) is 5.91 Å². The van der Waals surface area contributed by atoms with Crippen LogP contribution in [-0.4, -0.2) is 28.5 Å². The fourth-order valence-corrected chi connectivity index (χ4v) is 2.34. The molecule has 6 nitrogen and oxygen atoms in total. The maximum Gasteiger partial charge on any atom is 0.274 e. The van der Waals surface area contributed by atoms with Crippen molar-refractivity contribution in [1.82, 2.24) is 9.55 Å². The minimum Gasteiger partial charge on any atom is -0.345 e. The zero-order chi connectivity index (χ0) is 22.6. The molecule has 0 spiro atoms. The monoisotopic (exact) mass is 427 g/mol. The fraction of sp³-hybridized carbons (Fsp3) is 0.280. The van der Waals surface area contributed by atoms with Gasteiger partial charge in [-0.1, -0.05) is 71.0 Å². The van der Waals surface area contributed by atoms with Crippen molar-refractivity contribution in [3.05, 3.63) is 84.4 Å². The van der Waals surface area contributed by atoms with Gasteiger partial charge in [0.1, 0.15) is 18.8 Å². The van der Waals surface area contributed by atoms with E-state index in [1.165, 1.54) is 18.4 Å². The third-order valence-electron chi connectivity index (χ3n) is 3.57. The van der Waals surface area contributed by atoms with Gasteiger partial charge in [-0.05, 0) is 30.2 Å². The number of benzene rings is 1. The molecule has 0 aliphatic carbocycles. The number of rotatable bonds is 6. The van der Waals surface area contributed by atoms with E-state index in [1.54, 1.807) is 47.4 Å². The molecule has 6 heteroatoms. The summed E-state index contributed by atoms with van der Waals surface area (Å²) in [5, 5.41) is 2.70. The summed E-state index contributed by atoms with van der Waals surface area (Å²) in [5.41, 5.74) is 2.44. The molecule has 3 rings (SSSR count). The van der Waals surface area contributed by atoms with Crippen molar-refractivity contribution in [2.24, 2.45) is 0 Å². The van der Waals surface area contributed by atoms with Crippen molar-refractivity contribution in [2.75, 3.05) is 5.32 Å². The van der Waals surface area contributed by atoms with Crippen LogP contribution in [0, 0.1) is 0 Å². The molecule has 0 bridgehead atoms. The smallest absolute Gasteiger partial charge is 0.274 e. The second kappa shape index (κ2) is 19.8. The molecule has 31 heavy (non-hydrogen) atoms. The van der Waals surface area contributed by atoms with E-state index in [9.17, 15) is 9.59 Å². The quantitative estimate of drug-likeness (QED) is 0.512. The van der Waals surface area contributed by atoms with Crippen LogP contribution in [0.25, 0.3) is 0 Å². The molecule has 1 amide bonds. The molecule has 0 saturated heterocycles. The Balaban J connectivity index is -0.000000481. The third-order valence-corrected chi connectivity index (χ3v) is 3.57. The van der Waals surface area contributed by atoms with Crippen molar-refractivity contribution < 1.29 is 15.8 Å². The molecule has 0 aliphatic rings. The number of hydrogen-bond donors (Lipinski definition) is 1. The summed E-state index contributed by atoms with van der Waals surface area (Å²) < 4.78 is 1.68. The predicted octanol–water partition coefficient (Wildman–Crippen LogP) is 5.70. The number of hydrogen-bond acceptors (Lipinski definition) is 4. The minimum absolute atomic E-state index is 0. The summed E-state index contributed by atoms with van der Waals surface area (Å²) in [4.78, 5) is 34.0. The number of aromatic nitrogens is 2. The second-order valence-electron chi connectivity index (χ2n) is 5.67. The Kier molecular flexibility index (Phi) is 18.9. The lowest BCUT2D eigenvalue weighted by Crippen LogP contribution is -2.12. The summed E-state index contributed by atoms with van der Waals surface area (Å²) in [6.45, 7) is 8.48. The summed E-state index contributed by atoms with van der Waals surface area (Å²) >= 11 is 0. The average molecular weight is 428 g/mol. The van der Waals surface area contributed by atoms with Crippen LogP contribution >= 0.6 is 0 Å². The van der Waals surface area contributed by atoms with E-state index in [0.29, 0.717) is 11.4 Å². The normalized spacial score (nSPS) is 8.48. The highest BCUT2D eigenvalue weighted by Crippen LogP contribution is 2.09. The van der Waals surface area contributed by atoms with Gasteiger partial charge < -0.3 is 19.5 Å². The lowest BCUT2D eigenvalue weighted by atomic mass is 10.1. The first kappa shape index (κ1) is 29.7. The molecule has 3 aromatic rings. The van der Waals surface area contributed by atoms with Crippen molar-refractivity contribution in [3.8, 4) is 0 Å². The van der Waals surface area contributed by atoms with Crippen LogP contribution < -0.4 is 5.32 Å². The van der Waals surface area contributed by atoms with Crippen LogP contribution in [0.1, 0.15) is 52.1 Å². The Bertz CT molecular complexity index is 825. The topological polar surface area (TPSA) is 81.1 Å². The zero-order valence-corrected chi connectivity index (χ0v) is 18.0. The van der Waals surface area contributed by atoms with Gasteiger partial charge in [0.15, 0.2) is 0 Å². The number of anilines is 1. The first-order valence-electron chi connectivity index (χ1n) is 9.87. The van der Waals surface area contributed by atoms with Crippen molar-refractivity contribution in [2.45, 2.75) is 47.6 Å². The number of pyridine rings is 1. The Labute approximate surface area is 187 Å². The minimum atomic E-state index is -0.269. The van der Waals surface area contributed by atoms with E-state index in [4.69, 9.17) is 4.79 Å². The highest BCUT2D eigenvalue weighted by Gasteiger charge is 2.07. The van der Waals surface area contributed by atoms with Crippen LogP contribution in [0.4, 0.5) is 5.69 Å². The number of amides is 1. The molecule has 0 unspecified atom stereocenters. The maximum atomic E-state index is 11.7. The molecule has 0 saturated carbocycles. The molecular formula is C25H37N3O3. The van der Waals surface area contributed by atoms with Crippen LogP contribution in [0.5, 0.6) is 0 Å². The number of nitrogens with zero attached hydrogens (tertiary/aromatic N) is 2. The summed E-state index contributed by atoms with van der Waals surface area (Å²) in [6, 6.07) is 17.4. The number of carbonyl (C=O) groups excluding carboxylic acids is 3. The first-order valence-corrected chi connectivity index (χ1v) is 9.87. The van der Waals surface area contributed by atoms with Crippen LogP contribution in [0.15, 0.2) is 73.2 Å².